The fourth-order valence-corrected chi connectivity index (χ4v) is 3.48. The molecule has 0 spiro atoms. The third-order valence-electron chi connectivity index (χ3n) is 4.35. The number of rotatable bonds is 6. The van der Waals surface area contributed by atoms with Gasteiger partial charge in [-0.3, -0.25) is 4.79 Å². The van der Waals surface area contributed by atoms with Crippen molar-refractivity contribution in [2.24, 2.45) is 5.10 Å². The number of halogens is 3. The maximum atomic E-state index is 12.2. The molecule has 0 radical (unpaired) electrons. The number of nitrogens with one attached hydrogen (secondary N) is 1. The van der Waals surface area contributed by atoms with E-state index in [-0.39, 0.29) is 5.91 Å². The smallest absolute Gasteiger partial charge is 0.272 e. The molecule has 0 heterocycles. The van der Waals surface area contributed by atoms with Gasteiger partial charge in [0.05, 0.1) is 26.8 Å². The van der Waals surface area contributed by atoms with Crippen LogP contribution in [0.25, 0.3) is 0 Å². The predicted octanol–water partition coefficient (Wildman–Crippen LogP) is 6.61. The standard InChI is InChI=1S/C23H19Cl3N2O2/c1-14-9-17(12-27-28-23(29)18-5-3-4-6-19(18)24)10-15(2)22(14)30-13-16-7-8-20(25)21(26)11-16/h3-12H,13H2,1-2H3,(H,28,29)/b27-12-. The van der Waals surface area contributed by atoms with Crippen LogP contribution in [-0.4, -0.2) is 12.1 Å². The van der Waals surface area contributed by atoms with Crippen LogP contribution in [0.4, 0.5) is 0 Å². The molecular formula is C23H19Cl3N2O2. The van der Waals surface area contributed by atoms with E-state index in [1.807, 2.05) is 32.0 Å². The van der Waals surface area contributed by atoms with E-state index in [4.69, 9.17) is 39.5 Å². The van der Waals surface area contributed by atoms with Gasteiger partial charge in [-0.05, 0) is 72.5 Å². The summed E-state index contributed by atoms with van der Waals surface area (Å²) in [6, 6.07) is 16.1. The molecule has 0 saturated heterocycles. The molecule has 154 valence electrons. The zero-order valence-electron chi connectivity index (χ0n) is 16.4. The molecule has 4 nitrogen and oxygen atoms in total. The number of aryl methyl sites for hydroxylation is 2. The topological polar surface area (TPSA) is 50.7 Å². The highest BCUT2D eigenvalue weighted by molar-refractivity contribution is 6.42. The molecule has 0 aliphatic carbocycles. The van der Waals surface area contributed by atoms with E-state index in [0.29, 0.717) is 27.2 Å². The second-order valence-corrected chi connectivity index (χ2v) is 7.92. The largest absolute Gasteiger partial charge is 0.488 e. The van der Waals surface area contributed by atoms with Crippen LogP contribution >= 0.6 is 34.8 Å². The molecule has 0 saturated carbocycles. The van der Waals surface area contributed by atoms with Crippen LogP contribution in [0.5, 0.6) is 5.75 Å². The van der Waals surface area contributed by atoms with Crippen molar-refractivity contribution >= 4 is 46.9 Å². The maximum absolute atomic E-state index is 12.2. The van der Waals surface area contributed by atoms with Crippen LogP contribution in [0.1, 0.15) is 32.6 Å². The Morgan fingerprint density at radius 1 is 0.967 bits per heavy atom. The third kappa shape index (κ3) is 5.54. The summed E-state index contributed by atoms with van der Waals surface area (Å²) in [4.78, 5) is 12.2. The average molecular weight is 462 g/mol. The van der Waals surface area contributed by atoms with Gasteiger partial charge in [0.15, 0.2) is 0 Å². The normalized spacial score (nSPS) is 11.0. The minimum Gasteiger partial charge on any atom is -0.488 e. The zero-order valence-corrected chi connectivity index (χ0v) is 18.6. The summed E-state index contributed by atoms with van der Waals surface area (Å²) in [5, 5.41) is 5.42. The zero-order chi connectivity index (χ0) is 21.7. The molecule has 0 bridgehead atoms. The lowest BCUT2D eigenvalue weighted by molar-refractivity contribution is 0.0955. The monoisotopic (exact) mass is 460 g/mol. The van der Waals surface area contributed by atoms with Crippen molar-refractivity contribution in [2.45, 2.75) is 20.5 Å². The summed E-state index contributed by atoms with van der Waals surface area (Å²) in [6.07, 6.45) is 1.58. The van der Waals surface area contributed by atoms with Crippen molar-refractivity contribution in [3.63, 3.8) is 0 Å². The maximum Gasteiger partial charge on any atom is 0.272 e. The fraction of sp³-hybridized carbons (Fsp3) is 0.130. The van der Waals surface area contributed by atoms with Crippen molar-refractivity contribution in [3.05, 3.63) is 97.5 Å². The lowest BCUT2D eigenvalue weighted by atomic mass is 10.1. The molecule has 30 heavy (non-hydrogen) atoms. The van der Waals surface area contributed by atoms with Gasteiger partial charge in [0, 0.05) is 0 Å². The number of hydrogen-bond donors (Lipinski definition) is 1. The summed E-state index contributed by atoms with van der Waals surface area (Å²) < 4.78 is 5.99. The van der Waals surface area contributed by atoms with E-state index in [9.17, 15) is 4.79 Å². The van der Waals surface area contributed by atoms with Gasteiger partial charge in [-0.15, -0.1) is 0 Å². The molecule has 0 atom stereocenters. The second-order valence-electron chi connectivity index (χ2n) is 6.70. The first-order valence-corrected chi connectivity index (χ1v) is 10.2. The van der Waals surface area contributed by atoms with Crippen LogP contribution in [-0.2, 0) is 6.61 Å². The van der Waals surface area contributed by atoms with Gasteiger partial charge in [-0.2, -0.15) is 5.10 Å². The Balaban J connectivity index is 1.66. The summed E-state index contributed by atoms with van der Waals surface area (Å²) in [6.45, 7) is 4.29. The van der Waals surface area contributed by atoms with Gasteiger partial charge in [-0.25, -0.2) is 5.43 Å². The van der Waals surface area contributed by atoms with Gasteiger partial charge in [-0.1, -0.05) is 53.0 Å². The van der Waals surface area contributed by atoms with Gasteiger partial charge < -0.3 is 4.74 Å². The summed E-state index contributed by atoms with van der Waals surface area (Å²) in [5.74, 6) is 0.421. The molecule has 1 amide bonds. The lowest BCUT2D eigenvalue weighted by Crippen LogP contribution is -2.18. The summed E-state index contributed by atoms with van der Waals surface area (Å²) in [7, 11) is 0. The Morgan fingerprint density at radius 2 is 1.67 bits per heavy atom. The van der Waals surface area contributed by atoms with E-state index in [1.165, 1.54) is 0 Å². The van der Waals surface area contributed by atoms with E-state index in [1.54, 1.807) is 42.6 Å². The molecule has 7 heteroatoms. The van der Waals surface area contributed by atoms with Gasteiger partial charge in [0.2, 0.25) is 0 Å². The number of carbonyl (C=O) groups excluding carboxylic acids is 1. The van der Waals surface area contributed by atoms with Crippen molar-refractivity contribution < 1.29 is 9.53 Å². The number of amides is 1. The highest BCUT2D eigenvalue weighted by atomic mass is 35.5. The summed E-state index contributed by atoms with van der Waals surface area (Å²) >= 11 is 18.0. The highest BCUT2D eigenvalue weighted by Crippen LogP contribution is 2.27. The number of nitrogens with zero attached hydrogens (tertiary/aromatic N) is 1. The molecule has 0 aliphatic rings. The number of hydrogen-bond acceptors (Lipinski definition) is 3. The first kappa shape index (κ1) is 22.2. The quantitative estimate of drug-likeness (QED) is 0.332. The molecular weight excluding hydrogens is 443 g/mol. The SMILES string of the molecule is Cc1cc(/C=N\NC(=O)c2ccccc2Cl)cc(C)c1OCc1ccc(Cl)c(Cl)c1. The Morgan fingerprint density at radius 3 is 2.33 bits per heavy atom. The van der Waals surface area contributed by atoms with Crippen molar-refractivity contribution in [3.8, 4) is 5.75 Å². The lowest BCUT2D eigenvalue weighted by Gasteiger charge is -2.13. The average Bonchev–Trinajstić information content (AvgIpc) is 2.70. The Hall–Kier alpha value is -2.53. The first-order valence-electron chi connectivity index (χ1n) is 9.11. The Bertz CT molecular complexity index is 1090. The van der Waals surface area contributed by atoms with Gasteiger partial charge in [0.1, 0.15) is 12.4 Å². The first-order chi connectivity index (χ1) is 14.3. The minimum atomic E-state index is -0.369. The fourth-order valence-electron chi connectivity index (χ4n) is 2.94. The number of hydrazone groups is 1. The Kier molecular flexibility index (Phi) is 7.38. The van der Waals surface area contributed by atoms with Crippen molar-refractivity contribution in [2.75, 3.05) is 0 Å². The molecule has 0 aliphatic heterocycles. The molecule has 1 N–H and O–H groups in total. The molecule has 0 unspecified atom stereocenters. The van der Waals surface area contributed by atoms with Crippen LogP contribution in [0.3, 0.4) is 0 Å². The van der Waals surface area contributed by atoms with Gasteiger partial charge >= 0.3 is 0 Å². The molecule has 0 aromatic heterocycles. The third-order valence-corrected chi connectivity index (χ3v) is 5.42. The van der Waals surface area contributed by atoms with Crippen LogP contribution in [0.15, 0.2) is 59.7 Å². The number of ether oxygens (including phenoxy) is 1. The predicted molar refractivity (Wildman–Crippen MR) is 123 cm³/mol. The van der Waals surface area contributed by atoms with Crippen molar-refractivity contribution in [1.82, 2.24) is 5.43 Å². The number of carbonyl (C=O) groups is 1. The summed E-state index contributed by atoms with van der Waals surface area (Å²) in [5.41, 5.74) is 6.53. The number of benzene rings is 3. The molecule has 3 aromatic rings. The van der Waals surface area contributed by atoms with E-state index in [0.717, 1.165) is 28.0 Å². The van der Waals surface area contributed by atoms with Crippen LogP contribution in [0, 0.1) is 13.8 Å². The minimum absolute atomic E-state index is 0.369. The van der Waals surface area contributed by atoms with Crippen LogP contribution in [0.2, 0.25) is 15.1 Å². The Labute approximate surface area is 190 Å². The van der Waals surface area contributed by atoms with Crippen molar-refractivity contribution in [1.29, 1.82) is 0 Å². The van der Waals surface area contributed by atoms with E-state index >= 15 is 0 Å². The molecule has 3 rings (SSSR count). The second kappa shape index (κ2) is 9.98. The van der Waals surface area contributed by atoms with Gasteiger partial charge in [0.25, 0.3) is 5.91 Å². The highest BCUT2D eigenvalue weighted by Gasteiger charge is 2.09. The van der Waals surface area contributed by atoms with E-state index < -0.39 is 0 Å². The van der Waals surface area contributed by atoms with E-state index in [2.05, 4.69) is 10.5 Å². The van der Waals surface area contributed by atoms with Crippen LogP contribution < -0.4 is 10.2 Å². The molecule has 3 aromatic carbocycles. The molecule has 0 fully saturated rings.